The van der Waals surface area contributed by atoms with E-state index in [2.05, 4.69) is 0 Å². The number of nitrogens with zero attached hydrogens (tertiary/aromatic N) is 4. The van der Waals surface area contributed by atoms with Gasteiger partial charge < -0.3 is 14.2 Å². The maximum absolute atomic E-state index is 13.8. The Morgan fingerprint density at radius 1 is 0.884 bits per heavy atom. The van der Waals surface area contributed by atoms with Crippen molar-refractivity contribution >= 4 is 49.8 Å². The second-order valence-corrected chi connectivity index (χ2v) is 11.6. The van der Waals surface area contributed by atoms with E-state index in [4.69, 9.17) is 14.7 Å². The van der Waals surface area contributed by atoms with Crippen molar-refractivity contribution in [1.29, 1.82) is 0 Å². The molecule has 1 aliphatic heterocycles. The Hall–Kier alpha value is -5.28. The number of aromatic nitrogens is 3. The van der Waals surface area contributed by atoms with Crippen LogP contribution in [0, 0.1) is 20.8 Å². The molecule has 0 bridgehead atoms. The number of hydrogen-bond acceptors (Lipinski definition) is 7. The molecule has 3 aromatic carbocycles. The molecule has 9 heteroatoms. The second kappa shape index (κ2) is 10.2. The van der Waals surface area contributed by atoms with E-state index in [0.717, 1.165) is 21.3 Å². The first-order valence-electron chi connectivity index (χ1n) is 13.8. The number of fused-ring (bicyclic) bond motifs is 2. The van der Waals surface area contributed by atoms with Crippen LogP contribution in [0.3, 0.4) is 0 Å². The summed E-state index contributed by atoms with van der Waals surface area (Å²) >= 11 is 1.32. The highest BCUT2D eigenvalue weighted by molar-refractivity contribution is 7.22. The van der Waals surface area contributed by atoms with Crippen molar-refractivity contribution in [2.24, 2.45) is 0 Å². The van der Waals surface area contributed by atoms with Crippen LogP contribution < -0.4 is 9.64 Å². The highest BCUT2D eigenvalue weighted by Gasteiger charge is 2.48. The Labute approximate surface area is 251 Å². The average molecular weight is 587 g/mol. The molecule has 4 heterocycles. The summed E-state index contributed by atoms with van der Waals surface area (Å²) in [5.41, 5.74) is 4.78. The van der Waals surface area contributed by atoms with E-state index in [9.17, 15) is 14.7 Å². The zero-order valence-corrected chi connectivity index (χ0v) is 24.4. The molecular weight excluding hydrogens is 560 g/mol. The molecule has 212 valence electrons. The summed E-state index contributed by atoms with van der Waals surface area (Å²) < 4.78 is 8.84. The predicted molar refractivity (Wildman–Crippen MR) is 167 cm³/mol. The van der Waals surface area contributed by atoms with Gasteiger partial charge in [0.2, 0.25) is 0 Å². The van der Waals surface area contributed by atoms with E-state index >= 15 is 0 Å². The van der Waals surface area contributed by atoms with Crippen LogP contribution in [0.2, 0.25) is 0 Å². The Bertz CT molecular complexity index is 2110. The average Bonchev–Trinajstić information content (AvgIpc) is 3.65. The molecule has 3 aromatic heterocycles. The van der Waals surface area contributed by atoms with Gasteiger partial charge in [0.25, 0.3) is 5.78 Å². The van der Waals surface area contributed by atoms with Gasteiger partial charge in [-0.15, -0.1) is 0 Å². The van der Waals surface area contributed by atoms with Gasteiger partial charge in [-0.25, -0.2) is 9.97 Å². The van der Waals surface area contributed by atoms with Crippen LogP contribution in [0.25, 0.3) is 21.6 Å². The number of ketones is 1. The number of Topliss-reactive ketones (excluding diaryl/α,β-unsaturated/α-hetero) is 1. The summed E-state index contributed by atoms with van der Waals surface area (Å²) in [4.78, 5) is 38.4. The van der Waals surface area contributed by atoms with Crippen molar-refractivity contribution in [3.63, 3.8) is 0 Å². The number of aliphatic hydroxyl groups is 1. The molecule has 0 aliphatic carbocycles. The lowest BCUT2D eigenvalue weighted by Gasteiger charge is -2.23. The predicted octanol–water partition coefficient (Wildman–Crippen LogP) is 7.29. The fraction of sp³-hybridized carbons (Fsp3) is 0.118. The number of carbonyl (C=O) groups is 2. The van der Waals surface area contributed by atoms with Crippen LogP contribution in [0.5, 0.6) is 11.5 Å². The smallest absolute Gasteiger partial charge is 0.301 e. The summed E-state index contributed by atoms with van der Waals surface area (Å²) in [5, 5.41) is 12.2. The lowest BCUT2D eigenvalue weighted by molar-refractivity contribution is -0.132. The zero-order chi connectivity index (χ0) is 29.8. The molecular formula is C34H26N4O4S. The number of aryl methyl sites for hydroxylation is 3. The molecule has 0 spiro atoms. The van der Waals surface area contributed by atoms with E-state index in [0.29, 0.717) is 33.5 Å². The van der Waals surface area contributed by atoms with Crippen molar-refractivity contribution in [1.82, 2.24) is 14.4 Å². The van der Waals surface area contributed by atoms with Crippen molar-refractivity contribution in [3.05, 3.63) is 125 Å². The third-order valence-electron chi connectivity index (χ3n) is 7.64. The van der Waals surface area contributed by atoms with Gasteiger partial charge in [-0.2, -0.15) is 0 Å². The number of rotatable bonds is 5. The van der Waals surface area contributed by atoms with Crippen LogP contribution in [0.15, 0.2) is 96.7 Å². The molecule has 0 saturated carbocycles. The Balaban J connectivity index is 1.43. The molecule has 1 saturated heterocycles. The Kier molecular flexibility index (Phi) is 6.32. The van der Waals surface area contributed by atoms with Gasteiger partial charge in [-0.05, 0) is 79.9 Å². The van der Waals surface area contributed by atoms with Crippen LogP contribution in [0.4, 0.5) is 5.13 Å². The Morgan fingerprint density at radius 2 is 1.67 bits per heavy atom. The minimum atomic E-state index is -0.966. The lowest BCUT2D eigenvalue weighted by atomic mass is 9.96. The Morgan fingerprint density at radius 3 is 2.47 bits per heavy atom. The quantitative estimate of drug-likeness (QED) is 0.129. The third-order valence-corrected chi connectivity index (χ3v) is 8.66. The summed E-state index contributed by atoms with van der Waals surface area (Å²) in [5.74, 6) is -0.743. The van der Waals surface area contributed by atoms with Gasteiger partial charge in [-0.1, -0.05) is 53.8 Å². The number of amides is 1. The molecule has 1 aliphatic rings. The number of thiazole rings is 1. The van der Waals surface area contributed by atoms with Crippen molar-refractivity contribution in [3.8, 4) is 11.5 Å². The van der Waals surface area contributed by atoms with Gasteiger partial charge >= 0.3 is 5.91 Å². The van der Waals surface area contributed by atoms with Crippen LogP contribution >= 0.6 is 11.3 Å². The van der Waals surface area contributed by atoms with Gasteiger partial charge in [0.15, 0.2) is 10.9 Å². The standard InChI is InChI=1S/C34H26N4O4S/c1-19-14-15-25-26(17-19)43-34(35-25)38-29(22-10-7-13-24(18-22)42-23-11-5-4-6-12-23)27(31(40)33(38)41)30(39)28-21(3)37-16-8-9-20(2)32(37)36-28/h4-18,29,39H,1-3H3/b30-27+. The highest BCUT2D eigenvalue weighted by Crippen LogP contribution is 2.45. The first kappa shape index (κ1) is 26.6. The molecule has 1 atom stereocenters. The van der Waals surface area contributed by atoms with Crippen molar-refractivity contribution in [2.45, 2.75) is 26.8 Å². The first-order chi connectivity index (χ1) is 20.8. The maximum Gasteiger partial charge on any atom is 0.301 e. The SMILES string of the molecule is Cc1ccc2nc(N3C(=O)C(=O)/C(=C(/O)c4nc5c(C)cccn5c4C)C3c3cccc(Oc4ccccc4)c3)sc2c1. The number of benzene rings is 3. The van der Waals surface area contributed by atoms with Crippen molar-refractivity contribution < 1.29 is 19.4 Å². The largest absolute Gasteiger partial charge is 0.505 e. The molecule has 6 aromatic rings. The number of ether oxygens (including phenoxy) is 1. The summed E-state index contributed by atoms with van der Waals surface area (Å²) in [6, 6.07) is 25.2. The number of para-hydroxylation sites is 1. The number of carbonyl (C=O) groups excluding carboxylic acids is 2. The van der Waals surface area contributed by atoms with Crippen LogP contribution in [-0.4, -0.2) is 31.2 Å². The summed E-state index contributed by atoms with van der Waals surface area (Å²) in [6.07, 6.45) is 1.85. The topological polar surface area (TPSA) is 97.0 Å². The molecule has 7 rings (SSSR count). The molecule has 43 heavy (non-hydrogen) atoms. The maximum atomic E-state index is 13.8. The van der Waals surface area contributed by atoms with E-state index in [-0.39, 0.29) is 17.0 Å². The molecule has 1 unspecified atom stereocenters. The summed E-state index contributed by atoms with van der Waals surface area (Å²) in [7, 11) is 0. The number of anilines is 1. The number of pyridine rings is 1. The second-order valence-electron chi connectivity index (χ2n) is 10.6. The zero-order valence-electron chi connectivity index (χ0n) is 23.6. The van der Waals surface area contributed by atoms with Crippen LogP contribution in [0.1, 0.15) is 34.1 Å². The molecule has 1 N–H and O–H groups in total. The fourth-order valence-electron chi connectivity index (χ4n) is 5.51. The molecule has 1 amide bonds. The minimum Gasteiger partial charge on any atom is -0.505 e. The lowest BCUT2D eigenvalue weighted by Crippen LogP contribution is -2.29. The first-order valence-corrected chi connectivity index (χ1v) is 14.6. The molecule has 8 nitrogen and oxygen atoms in total. The van der Waals surface area contributed by atoms with E-state index < -0.39 is 17.7 Å². The highest BCUT2D eigenvalue weighted by atomic mass is 32.1. The summed E-state index contributed by atoms with van der Waals surface area (Å²) in [6.45, 7) is 5.74. The molecule has 1 fully saturated rings. The van der Waals surface area contributed by atoms with Crippen molar-refractivity contribution in [2.75, 3.05) is 4.90 Å². The third kappa shape index (κ3) is 4.45. The van der Waals surface area contributed by atoms with E-state index in [1.165, 1.54) is 16.2 Å². The molecule has 0 radical (unpaired) electrons. The van der Waals surface area contributed by atoms with E-state index in [1.807, 2.05) is 98.1 Å². The van der Waals surface area contributed by atoms with Gasteiger partial charge in [0.1, 0.15) is 22.8 Å². The monoisotopic (exact) mass is 586 g/mol. The number of imidazole rings is 1. The fourth-order valence-corrected chi connectivity index (χ4v) is 6.61. The van der Waals surface area contributed by atoms with Gasteiger partial charge in [0, 0.05) is 6.20 Å². The number of aliphatic hydroxyl groups excluding tert-OH is 1. The minimum absolute atomic E-state index is 0.0542. The van der Waals surface area contributed by atoms with Crippen LogP contribution in [-0.2, 0) is 9.59 Å². The van der Waals surface area contributed by atoms with Gasteiger partial charge in [-0.3, -0.25) is 14.5 Å². The van der Waals surface area contributed by atoms with E-state index in [1.54, 1.807) is 18.2 Å². The van der Waals surface area contributed by atoms with Gasteiger partial charge in [0.05, 0.1) is 27.5 Å². The number of hydrogen-bond donors (Lipinski definition) is 1. The normalized spacial score (nSPS) is 16.4.